The van der Waals surface area contributed by atoms with Crippen molar-refractivity contribution in [3.8, 4) is 0 Å². The Balaban J connectivity index is 1.96. The van der Waals surface area contributed by atoms with E-state index in [1.807, 2.05) is 0 Å². The van der Waals surface area contributed by atoms with Crippen LogP contribution in [0.15, 0.2) is 29.2 Å². The van der Waals surface area contributed by atoms with Crippen LogP contribution in [0.5, 0.6) is 0 Å². The van der Waals surface area contributed by atoms with E-state index in [0.717, 1.165) is 13.1 Å². The molecule has 1 aromatic rings. The number of aliphatic hydroxyl groups excluding tert-OH is 1. The lowest BCUT2D eigenvalue weighted by atomic mass is 10.1. The molecule has 1 aromatic carbocycles. The van der Waals surface area contributed by atoms with Gasteiger partial charge in [-0.1, -0.05) is 19.1 Å². The first kappa shape index (κ1) is 16.4. The first-order chi connectivity index (χ1) is 9.94. The van der Waals surface area contributed by atoms with Gasteiger partial charge in [0.05, 0.1) is 11.0 Å². The standard InChI is InChI=1S/C15H24N2O3S/c1-3-17(14-7-8-14)10-9-16-21(19,20)15-6-4-5-13(11-15)12(2)18/h4-6,11-12,14,16,18H,3,7-10H2,1-2H3. The van der Waals surface area contributed by atoms with Crippen molar-refractivity contribution in [3.63, 3.8) is 0 Å². The summed E-state index contributed by atoms with van der Waals surface area (Å²) in [6.07, 6.45) is 1.76. The maximum Gasteiger partial charge on any atom is 0.240 e. The van der Waals surface area contributed by atoms with E-state index in [4.69, 9.17) is 0 Å². The molecule has 1 fully saturated rings. The largest absolute Gasteiger partial charge is 0.389 e. The molecule has 0 saturated heterocycles. The number of hydrogen-bond acceptors (Lipinski definition) is 4. The Bertz CT molecular complexity index is 568. The maximum atomic E-state index is 12.3. The van der Waals surface area contributed by atoms with Crippen molar-refractivity contribution >= 4 is 10.0 Å². The summed E-state index contributed by atoms with van der Waals surface area (Å²) in [6, 6.07) is 7.07. The van der Waals surface area contributed by atoms with Crippen molar-refractivity contribution in [2.75, 3.05) is 19.6 Å². The van der Waals surface area contributed by atoms with Crippen molar-refractivity contribution in [3.05, 3.63) is 29.8 Å². The molecule has 6 heteroatoms. The second-order valence-corrected chi connectivity index (χ2v) is 7.27. The van der Waals surface area contributed by atoms with Crippen LogP contribution < -0.4 is 4.72 Å². The molecule has 118 valence electrons. The lowest BCUT2D eigenvalue weighted by Crippen LogP contribution is -2.36. The smallest absolute Gasteiger partial charge is 0.240 e. The van der Waals surface area contributed by atoms with E-state index < -0.39 is 16.1 Å². The highest BCUT2D eigenvalue weighted by Gasteiger charge is 2.27. The Morgan fingerprint density at radius 1 is 1.43 bits per heavy atom. The topological polar surface area (TPSA) is 69.6 Å². The quantitative estimate of drug-likeness (QED) is 0.763. The number of likely N-dealkylation sites (N-methyl/N-ethyl adjacent to an activating group) is 1. The minimum atomic E-state index is -3.51. The Morgan fingerprint density at radius 3 is 2.71 bits per heavy atom. The number of benzene rings is 1. The molecule has 1 atom stereocenters. The predicted octanol–water partition coefficient (Wildman–Crippen LogP) is 1.50. The highest BCUT2D eigenvalue weighted by molar-refractivity contribution is 7.89. The van der Waals surface area contributed by atoms with Crippen LogP contribution >= 0.6 is 0 Å². The molecule has 1 unspecified atom stereocenters. The number of nitrogens with one attached hydrogen (secondary N) is 1. The van der Waals surface area contributed by atoms with Gasteiger partial charge in [-0.2, -0.15) is 0 Å². The molecule has 1 aliphatic rings. The van der Waals surface area contributed by atoms with Gasteiger partial charge in [-0.25, -0.2) is 13.1 Å². The van der Waals surface area contributed by atoms with Gasteiger partial charge < -0.3 is 5.11 Å². The van der Waals surface area contributed by atoms with Gasteiger partial charge >= 0.3 is 0 Å². The Labute approximate surface area is 127 Å². The molecule has 0 spiro atoms. The van der Waals surface area contributed by atoms with Gasteiger partial charge in [0, 0.05) is 19.1 Å². The molecule has 0 radical (unpaired) electrons. The zero-order valence-electron chi connectivity index (χ0n) is 12.6. The monoisotopic (exact) mass is 312 g/mol. The molecular formula is C15H24N2O3S. The molecule has 0 heterocycles. The Hall–Kier alpha value is -0.950. The second-order valence-electron chi connectivity index (χ2n) is 5.51. The lowest BCUT2D eigenvalue weighted by Gasteiger charge is -2.19. The minimum absolute atomic E-state index is 0.204. The Kier molecular flexibility index (Phi) is 5.37. The summed E-state index contributed by atoms with van der Waals surface area (Å²) in [4.78, 5) is 2.50. The van der Waals surface area contributed by atoms with E-state index in [1.165, 1.54) is 18.9 Å². The third-order valence-electron chi connectivity index (χ3n) is 3.81. The molecule has 2 N–H and O–H groups in total. The minimum Gasteiger partial charge on any atom is -0.389 e. The summed E-state index contributed by atoms with van der Waals surface area (Å²) in [7, 11) is -3.51. The van der Waals surface area contributed by atoms with Crippen LogP contribution in [0.2, 0.25) is 0 Å². The fourth-order valence-electron chi connectivity index (χ4n) is 2.39. The van der Waals surface area contributed by atoms with Crippen molar-refractivity contribution in [1.82, 2.24) is 9.62 Å². The van der Waals surface area contributed by atoms with Crippen LogP contribution in [0.1, 0.15) is 38.4 Å². The van der Waals surface area contributed by atoms with Gasteiger partial charge in [-0.15, -0.1) is 0 Å². The lowest BCUT2D eigenvalue weighted by molar-refractivity contribution is 0.199. The third-order valence-corrected chi connectivity index (χ3v) is 5.27. The van der Waals surface area contributed by atoms with Gasteiger partial charge in [-0.05, 0) is 44.0 Å². The summed E-state index contributed by atoms with van der Waals surface area (Å²) in [5.41, 5.74) is 0.603. The summed E-state index contributed by atoms with van der Waals surface area (Å²) in [5, 5.41) is 9.54. The zero-order valence-corrected chi connectivity index (χ0v) is 13.4. The SMILES string of the molecule is CCN(CCNS(=O)(=O)c1cccc(C(C)O)c1)C1CC1. The fraction of sp³-hybridized carbons (Fsp3) is 0.600. The molecule has 21 heavy (non-hydrogen) atoms. The van der Waals surface area contributed by atoms with E-state index in [-0.39, 0.29) is 4.90 Å². The molecule has 5 nitrogen and oxygen atoms in total. The second kappa shape index (κ2) is 6.87. The number of rotatable bonds is 8. The molecule has 1 aliphatic carbocycles. The third kappa shape index (κ3) is 4.51. The van der Waals surface area contributed by atoms with Gasteiger partial charge in [0.2, 0.25) is 10.0 Å². The van der Waals surface area contributed by atoms with Gasteiger partial charge in [-0.3, -0.25) is 4.90 Å². The molecule has 2 rings (SSSR count). The van der Waals surface area contributed by atoms with Crippen LogP contribution in [0.25, 0.3) is 0 Å². The first-order valence-corrected chi connectivity index (χ1v) is 8.94. The van der Waals surface area contributed by atoms with E-state index in [2.05, 4.69) is 16.5 Å². The molecule has 0 bridgehead atoms. The average Bonchev–Trinajstić information content (AvgIpc) is 3.28. The highest BCUT2D eigenvalue weighted by Crippen LogP contribution is 2.26. The number of sulfonamides is 1. The fourth-order valence-corrected chi connectivity index (χ4v) is 3.46. The Morgan fingerprint density at radius 2 is 2.14 bits per heavy atom. The maximum absolute atomic E-state index is 12.3. The molecule has 0 aliphatic heterocycles. The van der Waals surface area contributed by atoms with Gasteiger partial charge in [0.25, 0.3) is 0 Å². The van der Waals surface area contributed by atoms with Gasteiger partial charge in [0.15, 0.2) is 0 Å². The molecule has 0 aromatic heterocycles. The average molecular weight is 312 g/mol. The van der Waals surface area contributed by atoms with Crippen LogP contribution in [0, 0.1) is 0 Å². The van der Waals surface area contributed by atoms with Crippen LogP contribution in [0.4, 0.5) is 0 Å². The van der Waals surface area contributed by atoms with E-state index >= 15 is 0 Å². The van der Waals surface area contributed by atoms with Crippen molar-refractivity contribution < 1.29 is 13.5 Å². The van der Waals surface area contributed by atoms with Crippen molar-refractivity contribution in [2.45, 2.75) is 43.7 Å². The zero-order chi connectivity index (χ0) is 15.5. The molecular weight excluding hydrogens is 288 g/mol. The van der Waals surface area contributed by atoms with E-state index in [1.54, 1.807) is 25.1 Å². The highest BCUT2D eigenvalue weighted by atomic mass is 32.2. The van der Waals surface area contributed by atoms with E-state index in [0.29, 0.717) is 18.2 Å². The number of hydrogen-bond donors (Lipinski definition) is 2. The normalized spacial score (nSPS) is 17.1. The van der Waals surface area contributed by atoms with Crippen LogP contribution in [-0.4, -0.2) is 44.1 Å². The van der Waals surface area contributed by atoms with Crippen LogP contribution in [-0.2, 0) is 10.0 Å². The van der Waals surface area contributed by atoms with Crippen LogP contribution in [0.3, 0.4) is 0 Å². The van der Waals surface area contributed by atoms with Crippen molar-refractivity contribution in [1.29, 1.82) is 0 Å². The number of aliphatic hydroxyl groups is 1. The molecule has 1 saturated carbocycles. The predicted molar refractivity (Wildman–Crippen MR) is 82.5 cm³/mol. The first-order valence-electron chi connectivity index (χ1n) is 7.45. The number of nitrogens with zero attached hydrogens (tertiary/aromatic N) is 1. The molecule has 0 amide bonds. The van der Waals surface area contributed by atoms with Crippen molar-refractivity contribution in [2.24, 2.45) is 0 Å². The summed E-state index contributed by atoms with van der Waals surface area (Å²) >= 11 is 0. The summed E-state index contributed by atoms with van der Waals surface area (Å²) in [5.74, 6) is 0. The summed E-state index contributed by atoms with van der Waals surface area (Å²) in [6.45, 7) is 5.80. The summed E-state index contributed by atoms with van der Waals surface area (Å²) < 4.78 is 27.1. The van der Waals surface area contributed by atoms with E-state index in [9.17, 15) is 13.5 Å². The van der Waals surface area contributed by atoms with Gasteiger partial charge in [0.1, 0.15) is 0 Å².